The van der Waals surface area contributed by atoms with E-state index in [1.165, 1.54) is 16.7 Å². The molecule has 0 spiro atoms. The lowest BCUT2D eigenvalue weighted by atomic mass is 10.0. The molecule has 33 heavy (non-hydrogen) atoms. The molecule has 1 unspecified atom stereocenters. The highest BCUT2D eigenvalue weighted by Gasteiger charge is 2.41. The van der Waals surface area contributed by atoms with Crippen molar-refractivity contribution in [2.75, 3.05) is 4.90 Å². The maximum Gasteiger partial charge on any atom is 0.245 e. The van der Waals surface area contributed by atoms with E-state index >= 15 is 0 Å². The Bertz CT molecular complexity index is 1420. The first kappa shape index (κ1) is 20.8. The number of nitrogens with zero attached hydrogens (tertiary/aromatic N) is 2. The number of ketones is 1. The fourth-order valence-corrected chi connectivity index (χ4v) is 5.33. The van der Waals surface area contributed by atoms with Gasteiger partial charge >= 0.3 is 0 Å². The van der Waals surface area contributed by atoms with Gasteiger partial charge in [0.25, 0.3) is 0 Å². The molecule has 0 radical (unpaired) electrons. The van der Waals surface area contributed by atoms with Gasteiger partial charge in [0, 0.05) is 28.4 Å². The minimum Gasteiger partial charge on any atom is -0.360 e. The number of carbonyl (C=O) groups is 2. The van der Waals surface area contributed by atoms with Crippen molar-refractivity contribution >= 4 is 40.0 Å². The second-order valence-electron chi connectivity index (χ2n) is 7.67. The molecule has 5 rings (SSSR count). The zero-order valence-electron chi connectivity index (χ0n) is 17.6. The molecule has 1 saturated heterocycles. The summed E-state index contributed by atoms with van der Waals surface area (Å²) in [7, 11) is 0. The molecule has 1 aliphatic rings. The van der Waals surface area contributed by atoms with Crippen molar-refractivity contribution in [1.82, 2.24) is 4.98 Å². The molecule has 0 bridgehead atoms. The first-order valence-electron chi connectivity index (χ1n) is 10.5. The number of anilines is 1. The molecule has 1 fully saturated rings. The summed E-state index contributed by atoms with van der Waals surface area (Å²) in [6, 6.07) is 28.5. The van der Waals surface area contributed by atoms with E-state index in [0.717, 1.165) is 16.5 Å². The molecule has 160 valence electrons. The number of nitriles is 1. The molecule has 1 aromatic heterocycles. The molecule has 3 aromatic carbocycles. The van der Waals surface area contributed by atoms with Gasteiger partial charge in [0.2, 0.25) is 11.7 Å². The Morgan fingerprint density at radius 1 is 0.970 bits per heavy atom. The highest BCUT2D eigenvalue weighted by atomic mass is 32.2. The number of rotatable bonds is 5. The SMILES string of the molecule is N#CC(C(=O)c1c[nH]c2ccccc12)=C1SC(Cc2ccccc2)C(=O)N1c1ccccc1. The topological polar surface area (TPSA) is 77.0 Å². The number of H-pyrrole nitrogens is 1. The number of carbonyl (C=O) groups excluding carboxylic acids is 2. The zero-order valence-corrected chi connectivity index (χ0v) is 18.4. The molecule has 1 N–H and O–H groups in total. The normalized spacial score (nSPS) is 17.2. The number of amides is 1. The lowest BCUT2D eigenvalue weighted by Gasteiger charge is -2.18. The summed E-state index contributed by atoms with van der Waals surface area (Å²) < 4.78 is 0. The van der Waals surface area contributed by atoms with Crippen LogP contribution in [0.4, 0.5) is 5.69 Å². The molecule has 1 atom stereocenters. The van der Waals surface area contributed by atoms with Crippen LogP contribution in [0.25, 0.3) is 10.9 Å². The Hall–Kier alpha value is -4.08. The number of thioether (sulfide) groups is 1. The van der Waals surface area contributed by atoms with Crippen molar-refractivity contribution in [3.05, 3.63) is 113 Å². The van der Waals surface area contributed by atoms with Crippen LogP contribution in [0, 0.1) is 11.3 Å². The number of benzene rings is 3. The van der Waals surface area contributed by atoms with Crippen LogP contribution in [0.1, 0.15) is 15.9 Å². The average Bonchev–Trinajstić information content (AvgIpc) is 3.42. The van der Waals surface area contributed by atoms with Crippen molar-refractivity contribution in [1.29, 1.82) is 5.26 Å². The Labute approximate surface area is 195 Å². The minimum atomic E-state index is -0.429. The van der Waals surface area contributed by atoms with Gasteiger partial charge < -0.3 is 4.98 Å². The lowest BCUT2D eigenvalue weighted by molar-refractivity contribution is -0.117. The number of nitrogens with one attached hydrogen (secondary N) is 1. The summed E-state index contributed by atoms with van der Waals surface area (Å²) in [6.45, 7) is 0. The maximum atomic E-state index is 13.5. The van der Waals surface area contributed by atoms with Crippen molar-refractivity contribution < 1.29 is 9.59 Å². The predicted octanol–water partition coefficient (Wildman–Crippen LogP) is 5.48. The zero-order chi connectivity index (χ0) is 22.8. The van der Waals surface area contributed by atoms with Crippen LogP contribution in [-0.4, -0.2) is 21.9 Å². The van der Waals surface area contributed by atoms with E-state index in [-0.39, 0.29) is 11.5 Å². The standard InChI is InChI=1S/C27H19N3O2S/c28-16-21(25(31)22-17-29-23-14-8-7-13-20(22)23)27-30(19-11-5-2-6-12-19)26(32)24(33-27)15-18-9-3-1-4-10-18/h1-14,17,24,29H,15H2. The molecular formula is C27H19N3O2S. The predicted molar refractivity (Wildman–Crippen MR) is 131 cm³/mol. The van der Waals surface area contributed by atoms with Gasteiger partial charge in [-0.2, -0.15) is 5.26 Å². The smallest absolute Gasteiger partial charge is 0.245 e. The highest BCUT2D eigenvalue weighted by Crippen LogP contribution is 2.42. The number of allylic oxidation sites excluding steroid dienone is 1. The number of hydrogen-bond acceptors (Lipinski definition) is 4. The molecule has 2 heterocycles. The third kappa shape index (κ3) is 3.84. The van der Waals surface area contributed by atoms with Gasteiger partial charge in [-0.15, -0.1) is 0 Å². The van der Waals surface area contributed by atoms with Gasteiger partial charge in [0.05, 0.1) is 5.25 Å². The number of aromatic amines is 1. The summed E-state index contributed by atoms with van der Waals surface area (Å²) >= 11 is 1.28. The number of fused-ring (bicyclic) bond motifs is 1. The summed E-state index contributed by atoms with van der Waals surface area (Å²) in [5.41, 5.74) is 2.87. The first-order valence-corrected chi connectivity index (χ1v) is 11.4. The quantitative estimate of drug-likeness (QED) is 0.249. The van der Waals surface area contributed by atoms with Crippen LogP contribution < -0.4 is 4.90 Å². The van der Waals surface area contributed by atoms with Crippen LogP contribution in [0.15, 0.2) is 102 Å². The van der Waals surface area contributed by atoms with Crippen molar-refractivity contribution in [2.24, 2.45) is 0 Å². The van der Waals surface area contributed by atoms with E-state index < -0.39 is 11.0 Å². The second-order valence-corrected chi connectivity index (χ2v) is 8.87. The summed E-state index contributed by atoms with van der Waals surface area (Å²) in [4.78, 5) is 31.7. The maximum absolute atomic E-state index is 13.5. The van der Waals surface area contributed by atoms with Crippen LogP contribution in [-0.2, 0) is 11.2 Å². The Balaban J connectivity index is 1.60. The van der Waals surface area contributed by atoms with Crippen LogP contribution in [0.5, 0.6) is 0 Å². The van der Waals surface area contributed by atoms with E-state index in [2.05, 4.69) is 11.1 Å². The van der Waals surface area contributed by atoms with E-state index in [1.807, 2.05) is 84.9 Å². The molecule has 1 amide bonds. The molecule has 6 heteroatoms. The van der Waals surface area contributed by atoms with Crippen molar-refractivity contribution in [2.45, 2.75) is 11.7 Å². The molecular weight excluding hydrogens is 430 g/mol. The largest absolute Gasteiger partial charge is 0.360 e. The van der Waals surface area contributed by atoms with Gasteiger partial charge in [-0.05, 0) is 30.2 Å². The average molecular weight is 450 g/mol. The number of para-hydroxylation sites is 2. The Morgan fingerprint density at radius 3 is 2.36 bits per heavy atom. The second kappa shape index (κ2) is 8.81. The first-order chi connectivity index (χ1) is 16.2. The summed E-state index contributed by atoms with van der Waals surface area (Å²) in [5, 5.41) is 10.8. The molecule has 0 saturated carbocycles. The van der Waals surface area contributed by atoms with Gasteiger partial charge in [-0.25, -0.2) is 0 Å². The van der Waals surface area contributed by atoms with E-state index in [9.17, 15) is 14.9 Å². The van der Waals surface area contributed by atoms with Crippen LogP contribution >= 0.6 is 11.8 Å². The monoisotopic (exact) mass is 449 g/mol. The molecule has 0 aliphatic carbocycles. The third-order valence-corrected chi connectivity index (χ3v) is 6.88. The van der Waals surface area contributed by atoms with Crippen LogP contribution in [0.3, 0.4) is 0 Å². The summed E-state index contributed by atoms with van der Waals surface area (Å²) in [6.07, 6.45) is 2.14. The van der Waals surface area contributed by atoms with Gasteiger partial charge in [0.15, 0.2) is 0 Å². The van der Waals surface area contributed by atoms with Crippen molar-refractivity contribution in [3.8, 4) is 6.07 Å². The van der Waals surface area contributed by atoms with Crippen molar-refractivity contribution in [3.63, 3.8) is 0 Å². The fraction of sp³-hybridized carbons (Fsp3) is 0.0741. The van der Waals surface area contributed by atoms with Gasteiger partial charge in [-0.3, -0.25) is 14.5 Å². The number of hydrogen-bond donors (Lipinski definition) is 1. The Kier molecular flexibility index (Phi) is 5.55. The fourth-order valence-electron chi connectivity index (χ4n) is 4.02. The molecule has 5 nitrogen and oxygen atoms in total. The number of Topliss-reactive ketones (excluding diaryl/α,β-unsaturated/α-hetero) is 1. The highest BCUT2D eigenvalue weighted by molar-refractivity contribution is 8.05. The van der Waals surface area contributed by atoms with Gasteiger partial charge in [-0.1, -0.05) is 78.5 Å². The Morgan fingerprint density at radius 2 is 1.64 bits per heavy atom. The van der Waals surface area contributed by atoms with Gasteiger partial charge in [0.1, 0.15) is 16.7 Å². The van der Waals surface area contributed by atoms with E-state index in [4.69, 9.17) is 0 Å². The summed E-state index contributed by atoms with van der Waals surface area (Å²) in [5.74, 6) is -0.531. The van der Waals surface area contributed by atoms with E-state index in [0.29, 0.717) is 22.7 Å². The lowest BCUT2D eigenvalue weighted by Crippen LogP contribution is -2.30. The third-order valence-electron chi connectivity index (χ3n) is 5.62. The minimum absolute atomic E-state index is 0.0301. The van der Waals surface area contributed by atoms with Crippen LogP contribution in [0.2, 0.25) is 0 Å². The number of aromatic nitrogens is 1. The molecule has 4 aromatic rings. The molecule has 1 aliphatic heterocycles. The van der Waals surface area contributed by atoms with E-state index in [1.54, 1.807) is 6.20 Å².